The van der Waals surface area contributed by atoms with E-state index in [1.165, 1.54) is 7.05 Å². The second-order valence-electron chi connectivity index (χ2n) is 3.49. The average Bonchev–Trinajstić information content (AvgIpc) is 2.13. The number of nitrogens with two attached hydrogens (primary N) is 1. The molecule has 0 aromatic heterocycles. The summed E-state index contributed by atoms with van der Waals surface area (Å²) in [6.45, 7) is 1.33. The summed E-state index contributed by atoms with van der Waals surface area (Å²) in [4.78, 5) is 12.7. The van der Waals surface area contributed by atoms with Crippen LogP contribution in [0.1, 0.15) is 19.8 Å². The van der Waals surface area contributed by atoms with Crippen molar-refractivity contribution < 1.29 is 18.0 Å². The quantitative estimate of drug-likeness (QED) is 0.762. The minimum Gasteiger partial charge on any atom is -0.393 e. The van der Waals surface area contributed by atoms with Crippen molar-refractivity contribution in [2.24, 2.45) is 11.7 Å². The molecule has 2 N–H and O–H groups in total. The monoisotopic (exact) mass is 256 g/mol. The highest BCUT2D eigenvalue weighted by atomic mass is 32.1. The van der Waals surface area contributed by atoms with Gasteiger partial charge in [0.2, 0.25) is 5.91 Å². The maximum Gasteiger partial charge on any atom is 0.390 e. The van der Waals surface area contributed by atoms with E-state index in [-0.39, 0.29) is 11.5 Å². The largest absolute Gasteiger partial charge is 0.393 e. The van der Waals surface area contributed by atoms with E-state index in [0.717, 1.165) is 4.90 Å². The van der Waals surface area contributed by atoms with E-state index in [2.05, 4.69) is 12.2 Å². The number of nitrogens with zero attached hydrogens (tertiary/aromatic N) is 1. The van der Waals surface area contributed by atoms with Crippen molar-refractivity contribution in [1.29, 1.82) is 0 Å². The summed E-state index contributed by atoms with van der Waals surface area (Å²) in [7, 11) is 1.31. The van der Waals surface area contributed by atoms with Gasteiger partial charge in [0.1, 0.15) is 0 Å². The average molecular weight is 256 g/mol. The molecule has 1 unspecified atom stereocenters. The van der Waals surface area contributed by atoms with E-state index in [9.17, 15) is 18.0 Å². The summed E-state index contributed by atoms with van der Waals surface area (Å²) in [6, 6.07) is 0. The molecular weight excluding hydrogens is 241 g/mol. The third-order valence-electron chi connectivity index (χ3n) is 2.16. The van der Waals surface area contributed by atoms with Gasteiger partial charge in [0, 0.05) is 13.6 Å². The summed E-state index contributed by atoms with van der Waals surface area (Å²) >= 11 is 4.68. The third kappa shape index (κ3) is 5.29. The van der Waals surface area contributed by atoms with Crippen LogP contribution in [0, 0.1) is 5.92 Å². The Kier molecular flexibility index (Phi) is 5.71. The Balaban J connectivity index is 4.32. The Bertz CT molecular complexity index is 268. The summed E-state index contributed by atoms with van der Waals surface area (Å²) in [5.74, 6) is -1.13. The van der Waals surface area contributed by atoms with E-state index < -0.39 is 24.4 Å². The molecule has 0 saturated heterocycles. The van der Waals surface area contributed by atoms with Crippen molar-refractivity contribution in [3.05, 3.63) is 0 Å². The second kappa shape index (κ2) is 6.03. The molecule has 0 fully saturated rings. The maximum atomic E-state index is 11.9. The van der Waals surface area contributed by atoms with Crippen LogP contribution in [-0.4, -0.2) is 35.6 Å². The molecule has 0 aliphatic carbocycles. The van der Waals surface area contributed by atoms with E-state index >= 15 is 0 Å². The standard InChI is InChI=1S/C9H15F3N2OS/c1-3-6(7(13)16)8(15)14(2)5-4-9(10,11)12/h6H,3-5H2,1-2H3,(H2,13,16). The van der Waals surface area contributed by atoms with Crippen molar-refractivity contribution >= 4 is 23.1 Å². The van der Waals surface area contributed by atoms with Gasteiger partial charge in [-0.15, -0.1) is 0 Å². The highest BCUT2D eigenvalue weighted by molar-refractivity contribution is 7.80. The number of rotatable bonds is 5. The topological polar surface area (TPSA) is 46.3 Å². The Morgan fingerprint density at radius 1 is 1.50 bits per heavy atom. The summed E-state index contributed by atoms with van der Waals surface area (Å²) in [5, 5.41) is 0. The molecule has 1 amide bonds. The van der Waals surface area contributed by atoms with Crippen LogP contribution in [0.15, 0.2) is 0 Å². The van der Waals surface area contributed by atoms with Gasteiger partial charge in [0.15, 0.2) is 0 Å². The van der Waals surface area contributed by atoms with Gasteiger partial charge in [-0.1, -0.05) is 19.1 Å². The Labute approximate surface area is 97.8 Å². The lowest BCUT2D eigenvalue weighted by atomic mass is 10.1. The Hall–Kier alpha value is -0.850. The van der Waals surface area contributed by atoms with Gasteiger partial charge in [0.25, 0.3) is 0 Å². The fourth-order valence-corrected chi connectivity index (χ4v) is 1.44. The van der Waals surface area contributed by atoms with E-state index in [0.29, 0.717) is 6.42 Å². The first-order valence-corrected chi connectivity index (χ1v) is 5.21. The molecule has 0 rings (SSSR count). The Morgan fingerprint density at radius 2 is 2.00 bits per heavy atom. The number of carbonyl (C=O) groups excluding carboxylic acids is 1. The molecule has 94 valence electrons. The summed E-state index contributed by atoms with van der Waals surface area (Å²) < 4.78 is 35.8. The van der Waals surface area contributed by atoms with Gasteiger partial charge in [-0.05, 0) is 6.42 Å². The van der Waals surface area contributed by atoms with Gasteiger partial charge in [0.05, 0.1) is 17.3 Å². The molecule has 0 bridgehead atoms. The number of carbonyl (C=O) groups is 1. The lowest BCUT2D eigenvalue weighted by Gasteiger charge is -2.22. The molecule has 0 spiro atoms. The summed E-state index contributed by atoms with van der Waals surface area (Å²) in [6.07, 6.45) is -4.90. The van der Waals surface area contributed by atoms with Crippen molar-refractivity contribution in [2.45, 2.75) is 25.9 Å². The number of thiocarbonyl (C=S) groups is 1. The SMILES string of the molecule is CCC(C(=O)N(C)CCC(F)(F)F)C(N)=S. The molecule has 0 aromatic carbocycles. The zero-order valence-corrected chi connectivity index (χ0v) is 9.99. The van der Waals surface area contributed by atoms with Gasteiger partial charge >= 0.3 is 6.18 Å². The molecule has 0 heterocycles. The zero-order chi connectivity index (χ0) is 12.9. The van der Waals surface area contributed by atoms with Crippen molar-refractivity contribution in [3.8, 4) is 0 Å². The highest BCUT2D eigenvalue weighted by Gasteiger charge is 2.29. The van der Waals surface area contributed by atoms with Gasteiger partial charge in [-0.2, -0.15) is 13.2 Å². The van der Waals surface area contributed by atoms with Crippen LogP contribution < -0.4 is 5.73 Å². The Morgan fingerprint density at radius 3 is 2.31 bits per heavy atom. The minimum atomic E-state index is -4.26. The predicted octanol–water partition coefficient (Wildman–Crippen LogP) is 1.71. The van der Waals surface area contributed by atoms with E-state index in [4.69, 9.17) is 5.73 Å². The normalized spacial score (nSPS) is 13.3. The molecular formula is C9H15F3N2OS. The molecule has 0 radical (unpaired) electrons. The van der Waals surface area contributed by atoms with Crippen LogP contribution >= 0.6 is 12.2 Å². The van der Waals surface area contributed by atoms with Crippen LogP contribution in [-0.2, 0) is 4.79 Å². The number of halogens is 3. The van der Waals surface area contributed by atoms with Crippen LogP contribution in [0.2, 0.25) is 0 Å². The lowest BCUT2D eigenvalue weighted by Crippen LogP contribution is -2.40. The van der Waals surface area contributed by atoms with E-state index in [1.807, 2.05) is 0 Å². The fourth-order valence-electron chi connectivity index (χ4n) is 1.17. The first-order valence-electron chi connectivity index (χ1n) is 4.80. The molecule has 0 saturated carbocycles. The number of amides is 1. The van der Waals surface area contributed by atoms with E-state index in [1.54, 1.807) is 6.92 Å². The van der Waals surface area contributed by atoms with Gasteiger partial charge in [-0.25, -0.2) is 0 Å². The van der Waals surface area contributed by atoms with Gasteiger partial charge in [-0.3, -0.25) is 4.79 Å². The van der Waals surface area contributed by atoms with Crippen molar-refractivity contribution in [2.75, 3.05) is 13.6 Å². The van der Waals surface area contributed by atoms with Crippen molar-refractivity contribution in [3.63, 3.8) is 0 Å². The van der Waals surface area contributed by atoms with Crippen LogP contribution in [0.5, 0.6) is 0 Å². The summed E-state index contributed by atoms with van der Waals surface area (Å²) in [5.41, 5.74) is 5.33. The zero-order valence-electron chi connectivity index (χ0n) is 9.17. The number of hydrogen-bond acceptors (Lipinski definition) is 2. The molecule has 16 heavy (non-hydrogen) atoms. The fraction of sp³-hybridized carbons (Fsp3) is 0.778. The maximum absolute atomic E-state index is 11.9. The first kappa shape index (κ1) is 15.2. The lowest BCUT2D eigenvalue weighted by molar-refractivity contribution is -0.145. The van der Waals surface area contributed by atoms with Crippen molar-refractivity contribution in [1.82, 2.24) is 4.90 Å². The number of alkyl halides is 3. The molecule has 0 aromatic rings. The minimum absolute atomic E-state index is 0.0198. The predicted molar refractivity (Wildman–Crippen MR) is 58.9 cm³/mol. The molecule has 1 atom stereocenters. The molecule has 0 aliphatic heterocycles. The smallest absolute Gasteiger partial charge is 0.390 e. The molecule has 0 aliphatic rings. The highest BCUT2D eigenvalue weighted by Crippen LogP contribution is 2.20. The third-order valence-corrected chi connectivity index (χ3v) is 2.44. The second-order valence-corrected chi connectivity index (χ2v) is 3.96. The molecule has 3 nitrogen and oxygen atoms in total. The first-order chi connectivity index (χ1) is 7.19. The van der Waals surface area contributed by atoms with Crippen LogP contribution in [0.3, 0.4) is 0 Å². The van der Waals surface area contributed by atoms with Crippen LogP contribution in [0.25, 0.3) is 0 Å². The van der Waals surface area contributed by atoms with Gasteiger partial charge < -0.3 is 10.6 Å². The van der Waals surface area contributed by atoms with Crippen LogP contribution in [0.4, 0.5) is 13.2 Å². The number of hydrogen-bond donors (Lipinski definition) is 1. The molecule has 7 heteroatoms.